The number of aromatic nitrogens is 4. The Morgan fingerprint density at radius 2 is 2.20 bits per heavy atom. The Labute approximate surface area is 90.6 Å². The maximum atomic E-state index is 5.76. The van der Waals surface area contributed by atoms with Crippen molar-refractivity contribution in [3.63, 3.8) is 0 Å². The second kappa shape index (κ2) is 6.50. The van der Waals surface area contributed by atoms with E-state index in [0.717, 1.165) is 25.9 Å². The van der Waals surface area contributed by atoms with Gasteiger partial charge >= 0.3 is 0 Å². The monoisotopic (exact) mass is 212 g/mol. The predicted octanol–water partition coefficient (Wildman–Crippen LogP) is 2.10. The summed E-state index contributed by atoms with van der Waals surface area (Å²) in [5.41, 5.74) is 0. The van der Waals surface area contributed by atoms with E-state index >= 15 is 0 Å². The van der Waals surface area contributed by atoms with E-state index in [9.17, 15) is 0 Å². The Bertz CT molecular complexity index is 248. The lowest BCUT2D eigenvalue weighted by Gasteiger charge is -2.15. The second-order valence-corrected chi connectivity index (χ2v) is 4.13. The topological polar surface area (TPSA) is 63.7 Å². The molecule has 86 valence electrons. The van der Waals surface area contributed by atoms with Gasteiger partial charge in [-0.3, -0.25) is 0 Å². The van der Waals surface area contributed by atoms with Gasteiger partial charge in [-0.15, -0.1) is 10.2 Å². The van der Waals surface area contributed by atoms with Crippen molar-refractivity contribution in [2.75, 3.05) is 6.61 Å². The SMILES string of the molecule is CCCCC(OCC(C)C)c1nn[nH]n1. The van der Waals surface area contributed by atoms with E-state index in [2.05, 4.69) is 41.4 Å². The van der Waals surface area contributed by atoms with Crippen LogP contribution in [-0.2, 0) is 4.74 Å². The average molecular weight is 212 g/mol. The van der Waals surface area contributed by atoms with Gasteiger partial charge in [0.25, 0.3) is 0 Å². The van der Waals surface area contributed by atoms with E-state index in [0.29, 0.717) is 11.7 Å². The highest BCUT2D eigenvalue weighted by molar-refractivity contribution is 4.84. The molecular weight excluding hydrogens is 192 g/mol. The third kappa shape index (κ3) is 4.38. The van der Waals surface area contributed by atoms with E-state index in [-0.39, 0.29) is 6.10 Å². The van der Waals surface area contributed by atoms with Gasteiger partial charge in [0.2, 0.25) is 5.82 Å². The summed E-state index contributed by atoms with van der Waals surface area (Å²) in [5, 5.41) is 14.0. The van der Waals surface area contributed by atoms with Gasteiger partial charge in [-0.25, -0.2) is 0 Å². The van der Waals surface area contributed by atoms with Gasteiger partial charge in [-0.2, -0.15) is 5.21 Å². The standard InChI is InChI=1S/C10H20N4O/c1-4-5-6-9(15-7-8(2)3)10-11-13-14-12-10/h8-9H,4-7H2,1-3H3,(H,11,12,13,14). The summed E-state index contributed by atoms with van der Waals surface area (Å²) in [6, 6.07) is 0. The molecule has 5 nitrogen and oxygen atoms in total. The summed E-state index contributed by atoms with van der Waals surface area (Å²) < 4.78 is 5.76. The molecule has 1 unspecified atom stereocenters. The van der Waals surface area contributed by atoms with Crippen molar-refractivity contribution in [3.05, 3.63) is 5.82 Å². The van der Waals surface area contributed by atoms with Crippen LogP contribution in [0.4, 0.5) is 0 Å². The van der Waals surface area contributed by atoms with Crippen LogP contribution in [0, 0.1) is 5.92 Å². The number of unbranched alkanes of at least 4 members (excludes halogenated alkanes) is 1. The van der Waals surface area contributed by atoms with Gasteiger partial charge in [0, 0.05) is 6.61 Å². The molecule has 1 aromatic heterocycles. The van der Waals surface area contributed by atoms with Crippen LogP contribution >= 0.6 is 0 Å². The van der Waals surface area contributed by atoms with Crippen LogP contribution in [0.5, 0.6) is 0 Å². The lowest BCUT2D eigenvalue weighted by Crippen LogP contribution is -2.11. The minimum absolute atomic E-state index is 0.00824. The normalized spacial score (nSPS) is 13.3. The zero-order valence-electron chi connectivity index (χ0n) is 9.73. The molecule has 0 saturated carbocycles. The quantitative estimate of drug-likeness (QED) is 0.751. The largest absolute Gasteiger partial charge is 0.370 e. The lowest BCUT2D eigenvalue weighted by molar-refractivity contribution is 0.0228. The Kier molecular flexibility index (Phi) is 5.25. The fourth-order valence-electron chi connectivity index (χ4n) is 1.29. The zero-order chi connectivity index (χ0) is 11.1. The highest BCUT2D eigenvalue weighted by Crippen LogP contribution is 2.20. The van der Waals surface area contributed by atoms with E-state index in [4.69, 9.17) is 4.74 Å². The number of H-pyrrole nitrogens is 1. The first-order valence-electron chi connectivity index (χ1n) is 5.59. The van der Waals surface area contributed by atoms with Crippen molar-refractivity contribution in [1.82, 2.24) is 20.6 Å². The van der Waals surface area contributed by atoms with E-state index in [1.807, 2.05) is 0 Å². The smallest absolute Gasteiger partial charge is 0.203 e. The Morgan fingerprint density at radius 1 is 1.40 bits per heavy atom. The molecule has 0 bridgehead atoms. The fourth-order valence-corrected chi connectivity index (χ4v) is 1.29. The molecule has 0 fully saturated rings. The lowest BCUT2D eigenvalue weighted by atomic mass is 10.1. The van der Waals surface area contributed by atoms with Crippen molar-refractivity contribution in [1.29, 1.82) is 0 Å². The molecule has 1 atom stereocenters. The fraction of sp³-hybridized carbons (Fsp3) is 0.900. The minimum Gasteiger partial charge on any atom is -0.370 e. The van der Waals surface area contributed by atoms with Gasteiger partial charge < -0.3 is 4.74 Å². The summed E-state index contributed by atoms with van der Waals surface area (Å²) in [7, 11) is 0. The molecule has 1 heterocycles. The third-order valence-electron chi connectivity index (χ3n) is 2.10. The maximum absolute atomic E-state index is 5.76. The van der Waals surface area contributed by atoms with Crippen molar-refractivity contribution in [2.24, 2.45) is 5.92 Å². The van der Waals surface area contributed by atoms with Crippen LogP contribution in [0.25, 0.3) is 0 Å². The van der Waals surface area contributed by atoms with E-state index < -0.39 is 0 Å². The first-order valence-corrected chi connectivity index (χ1v) is 5.59. The zero-order valence-corrected chi connectivity index (χ0v) is 9.73. The summed E-state index contributed by atoms with van der Waals surface area (Å²) in [6.07, 6.45) is 3.23. The number of nitrogens with one attached hydrogen (secondary N) is 1. The van der Waals surface area contributed by atoms with Gasteiger partial charge in [-0.05, 0) is 12.3 Å². The summed E-state index contributed by atoms with van der Waals surface area (Å²) in [4.78, 5) is 0. The molecule has 15 heavy (non-hydrogen) atoms. The van der Waals surface area contributed by atoms with Crippen molar-refractivity contribution >= 4 is 0 Å². The highest BCUT2D eigenvalue weighted by atomic mass is 16.5. The maximum Gasteiger partial charge on any atom is 0.203 e. The van der Waals surface area contributed by atoms with Crippen LogP contribution in [0.1, 0.15) is 52.0 Å². The summed E-state index contributed by atoms with van der Waals surface area (Å²) in [6.45, 7) is 7.17. The number of hydrogen-bond acceptors (Lipinski definition) is 4. The van der Waals surface area contributed by atoms with Crippen LogP contribution < -0.4 is 0 Å². The Balaban J connectivity index is 2.46. The first kappa shape index (κ1) is 12.1. The number of aromatic amines is 1. The molecule has 0 amide bonds. The highest BCUT2D eigenvalue weighted by Gasteiger charge is 2.16. The van der Waals surface area contributed by atoms with Crippen LogP contribution in [0.3, 0.4) is 0 Å². The Hall–Kier alpha value is -0.970. The van der Waals surface area contributed by atoms with Crippen molar-refractivity contribution in [2.45, 2.75) is 46.1 Å². The molecule has 0 saturated heterocycles. The van der Waals surface area contributed by atoms with Gasteiger partial charge in [0.1, 0.15) is 6.10 Å². The minimum atomic E-state index is -0.00824. The molecule has 0 aromatic carbocycles. The van der Waals surface area contributed by atoms with Gasteiger partial charge in [0.15, 0.2) is 0 Å². The predicted molar refractivity (Wildman–Crippen MR) is 57.2 cm³/mol. The number of nitrogens with zero attached hydrogens (tertiary/aromatic N) is 3. The van der Waals surface area contributed by atoms with Crippen molar-refractivity contribution < 1.29 is 4.74 Å². The third-order valence-corrected chi connectivity index (χ3v) is 2.10. The van der Waals surface area contributed by atoms with Crippen LogP contribution in [0.2, 0.25) is 0 Å². The molecule has 1 aromatic rings. The van der Waals surface area contributed by atoms with E-state index in [1.54, 1.807) is 0 Å². The molecule has 0 radical (unpaired) electrons. The molecule has 1 rings (SSSR count). The van der Waals surface area contributed by atoms with E-state index in [1.165, 1.54) is 0 Å². The number of hydrogen-bond donors (Lipinski definition) is 1. The van der Waals surface area contributed by atoms with Gasteiger partial charge in [0.05, 0.1) is 0 Å². The van der Waals surface area contributed by atoms with Crippen molar-refractivity contribution in [3.8, 4) is 0 Å². The summed E-state index contributed by atoms with van der Waals surface area (Å²) >= 11 is 0. The first-order chi connectivity index (χ1) is 7.24. The van der Waals surface area contributed by atoms with Crippen LogP contribution in [0.15, 0.2) is 0 Å². The number of tetrazole rings is 1. The Morgan fingerprint density at radius 3 is 2.73 bits per heavy atom. The molecular formula is C10H20N4O. The number of ether oxygens (including phenoxy) is 1. The van der Waals surface area contributed by atoms with Gasteiger partial charge in [-0.1, -0.05) is 38.8 Å². The number of rotatable bonds is 7. The second-order valence-electron chi connectivity index (χ2n) is 4.13. The average Bonchev–Trinajstić information content (AvgIpc) is 2.71. The molecule has 0 aliphatic rings. The molecule has 1 N–H and O–H groups in total. The molecule has 0 aliphatic heterocycles. The molecule has 5 heteroatoms. The molecule has 0 spiro atoms. The van der Waals surface area contributed by atoms with Crippen LogP contribution in [-0.4, -0.2) is 27.2 Å². The molecule has 0 aliphatic carbocycles. The summed E-state index contributed by atoms with van der Waals surface area (Å²) in [5.74, 6) is 1.20.